The molecule has 1 aliphatic carbocycles. The summed E-state index contributed by atoms with van der Waals surface area (Å²) in [4.78, 5) is 71.3. The number of aromatic nitrogens is 4. The number of halogens is 2. The molecule has 4 N–H and O–H groups in total. The van der Waals surface area contributed by atoms with E-state index < -0.39 is 55.1 Å². The summed E-state index contributed by atoms with van der Waals surface area (Å²) in [5.74, 6) is -3.47. The van der Waals surface area contributed by atoms with Gasteiger partial charge in [-0.15, -0.1) is 0 Å². The molecule has 4 amide bonds. The molecule has 4 aliphatic rings. The minimum absolute atomic E-state index is 0.166. The van der Waals surface area contributed by atoms with Gasteiger partial charge >= 0.3 is 12.2 Å². The van der Waals surface area contributed by atoms with Crippen molar-refractivity contribution >= 4 is 34.8 Å². The Morgan fingerprint density at radius 2 is 1.33 bits per heavy atom. The number of ether oxygens (including phenoxy) is 3. The third-order valence-corrected chi connectivity index (χ3v) is 13.2. The second-order valence-electron chi connectivity index (χ2n) is 17.3. The number of amides is 4. The highest BCUT2D eigenvalue weighted by Crippen LogP contribution is 2.42. The van der Waals surface area contributed by atoms with Gasteiger partial charge in [0.25, 0.3) is 5.92 Å². The predicted molar refractivity (Wildman–Crippen MR) is 241 cm³/mol. The number of H-pyrrole nitrogens is 2. The molecular formula is C49H52F2N8O7. The molecular weight excluding hydrogens is 851 g/mol. The minimum atomic E-state index is -3.15. The number of nitrogens with one attached hydrogen (secondary N) is 4. The molecule has 9 rings (SSSR count). The Morgan fingerprint density at radius 3 is 2.00 bits per heavy atom. The lowest BCUT2D eigenvalue weighted by Gasteiger charge is -2.33. The monoisotopic (exact) mass is 902 g/mol. The van der Waals surface area contributed by atoms with Gasteiger partial charge in [-0.3, -0.25) is 9.59 Å². The van der Waals surface area contributed by atoms with Gasteiger partial charge in [-0.2, -0.15) is 0 Å². The van der Waals surface area contributed by atoms with Crippen molar-refractivity contribution in [3.8, 4) is 33.6 Å². The highest BCUT2D eigenvalue weighted by Gasteiger charge is 2.51. The SMILES string of the molecule is COC(=O)NC(C(=O)N1CCCC1c1ncc(-c2ccc3cc(-c4ccc(-c5cnc(C6CC(F)(F)CN6C(=O)C(NC(=O)OC)C6CCOCC6)[nH]5)cc4)ccc3c2)[nH]1)C1C=CC=CC1. The maximum Gasteiger partial charge on any atom is 0.407 e. The van der Waals surface area contributed by atoms with E-state index in [1.54, 1.807) is 12.4 Å². The molecule has 3 fully saturated rings. The van der Waals surface area contributed by atoms with Crippen molar-refractivity contribution in [2.24, 2.45) is 11.8 Å². The minimum Gasteiger partial charge on any atom is -0.453 e. The Labute approximate surface area is 380 Å². The van der Waals surface area contributed by atoms with Crippen molar-refractivity contribution in [1.29, 1.82) is 0 Å². The number of carbonyl (C=O) groups is 4. The summed E-state index contributed by atoms with van der Waals surface area (Å²) in [5, 5.41) is 7.44. The van der Waals surface area contributed by atoms with Gasteiger partial charge in [-0.05, 0) is 77.6 Å². The van der Waals surface area contributed by atoms with Crippen LogP contribution in [-0.2, 0) is 23.8 Å². The summed E-state index contributed by atoms with van der Waals surface area (Å²) >= 11 is 0. The zero-order chi connectivity index (χ0) is 46.0. The van der Waals surface area contributed by atoms with E-state index in [1.165, 1.54) is 14.2 Å². The summed E-state index contributed by atoms with van der Waals surface area (Å²) in [6.07, 6.45) is 12.2. The standard InChI is InChI=1S/C49H52F2N8O7/c1-64-47(62)56-41(31-7-4-3-5-8-31)45(60)58-20-6-9-39(58)43-52-27-38(55-43)36-17-16-34-23-33(14-15-35(34)24-36)29-10-12-30(13-11-29)37-26-53-44(54-37)40-25-49(50,51)28-59(40)46(61)42(57-48(63)65-2)32-18-21-66-22-19-32/h3-5,7,10-17,23-24,26-27,31-32,39-42H,6,8-9,18-22,25,28H2,1-2H3,(H,52,55)(H,53,54)(H,56,62)(H,57,63). The number of alkyl carbamates (subject to hydrolysis) is 2. The molecule has 66 heavy (non-hydrogen) atoms. The lowest BCUT2D eigenvalue weighted by molar-refractivity contribution is -0.138. The molecule has 5 unspecified atom stereocenters. The predicted octanol–water partition coefficient (Wildman–Crippen LogP) is 7.87. The first-order valence-corrected chi connectivity index (χ1v) is 22.3. The van der Waals surface area contributed by atoms with Crippen molar-refractivity contribution in [2.45, 2.75) is 68.6 Å². The number of alkyl halides is 2. The van der Waals surface area contributed by atoms with Gasteiger partial charge in [0.1, 0.15) is 23.7 Å². The van der Waals surface area contributed by atoms with Gasteiger partial charge in [-0.1, -0.05) is 72.8 Å². The van der Waals surface area contributed by atoms with E-state index in [9.17, 15) is 19.2 Å². The van der Waals surface area contributed by atoms with Gasteiger partial charge in [0.05, 0.1) is 56.6 Å². The lowest BCUT2D eigenvalue weighted by atomic mass is 9.90. The molecule has 15 nitrogen and oxygen atoms in total. The highest BCUT2D eigenvalue weighted by atomic mass is 19.3. The Morgan fingerprint density at radius 1 is 0.742 bits per heavy atom. The number of benzene rings is 3. The number of carbonyl (C=O) groups excluding carboxylic acids is 4. The number of aromatic amines is 2. The van der Waals surface area contributed by atoms with Crippen LogP contribution in [0.5, 0.6) is 0 Å². The Bertz CT molecular complexity index is 2660. The van der Waals surface area contributed by atoms with Crippen LogP contribution in [0.2, 0.25) is 0 Å². The third kappa shape index (κ3) is 9.29. The van der Waals surface area contributed by atoms with E-state index in [-0.39, 0.29) is 29.6 Å². The lowest BCUT2D eigenvalue weighted by Crippen LogP contribution is -2.53. The molecule has 17 heteroatoms. The van der Waals surface area contributed by atoms with Crippen LogP contribution in [0.4, 0.5) is 18.4 Å². The normalized spacial score (nSPS) is 21.4. The van der Waals surface area contributed by atoms with Gasteiger partial charge in [-0.25, -0.2) is 28.3 Å². The number of nitrogens with zero attached hydrogens (tertiary/aromatic N) is 4. The van der Waals surface area contributed by atoms with E-state index in [0.717, 1.165) is 56.5 Å². The Balaban J connectivity index is 0.878. The maximum absolute atomic E-state index is 15.0. The van der Waals surface area contributed by atoms with Crippen molar-refractivity contribution in [1.82, 2.24) is 40.4 Å². The van der Waals surface area contributed by atoms with E-state index in [4.69, 9.17) is 19.2 Å². The van der Waals surface area contributed by atoms with Gasteiger partial charge in [0.15, 0.2) is 0 Å². The van der Waals surface area contributed by atoms with E-state index >= 15 is 8.78 Å². The smallest absolute Gasteiger partial charge is 0.407 e. The zero-order valence-corrected chi connectivity index (χ0v) is 36.7. The fourth-order valence-corrected chi connectivity index (χ4v) is 9.71. The van der Waals surface area contributed by atoms with Crippen LogP contribution in [0.15, 0.2) is 97.4 Å². The molecule has 344 valence electrons. The molecule has 5 atom stereocenters. The molecule has 2 aromatic heterocycles. The van der Waals surface area contributed by atoms with E-state index in [0.29, 0.717) is 50.5 Å². The van der Waals surface area contributed by atoms with Crippen LogP contribution in [-0.4, -0.2) is 112 Å². The molecule has 0 saturated carbocycles. The molecule has 5 heterocycles. The summed E-state index contributed by atoms with van der Waals surface area (Å²) in [7, 11) is 2.48. The fraction of sp³-hybridized carbons (Fsp3) is 0.388. The summed E-state index contributed by atoms with van der Waals surface area (Å²) in [6, 6.07) is 17.2. The highest BCUT2D eigenvalue weighted by molar-refractivity contribution is 5.91. The third-order valence-electron chi connectivity index (χ3n) is 13.2. The number of allylic oxidation sites excluding steroid dienone is 3. The zero-order valence-electron chi connectivity index (χ0n) is 36.7. The van der Waals surface area contributed by atoms with Gasteiger partial charge in [0, 0.05) is 37.7 Å². The first-order valence-electron chi connectivity index (χ1n) is 22.3. The molecule has 3 aromatic carbocycles. The first kappa shape index (κ1) is 44.3. The van der Waals surface area contributed by atoms with Crippen LogP contribution in [0.25, 0.3) is 44.4 Å². The van der Waals surface area contributed by atoms with Crippen LogP contribution >= 0.6 is 0 Å². The maximum atomic E-state index is 15.0. The van der Waals surface area contributed by atoms with Crippen molar-refractivity contribution in [3.63, 3.8) is 0 Å². The van der Waals surface area contributed by atoms with Crippen LogP contribution in [0, 0.1) is 11.8 Å². The van der Waals surface area contributed by atoms with Crippen LogP contribution < -0.4 is 10.6 Å². The van der Waals surface area contributed by atoms with Gasteiger partial charge in [0.2, 0.25) is 11.8 Å². The van der Waals surface area contributed by atoms with Gasteiger partial charge < -0.3 is 44.6 Å². The topological polar surface area (TPSA) is 184 Å². The molecule has 5 aromatic rings. The second kappa shape index (κ2) is 18.9. The number of hydrogen-bond donors (Lipinski definition) is 4. The summed E-state index contributed by atoms with van der Waals surface area (Å²) in [5.41, 5.74) is 5.16. The molecule has 0 bridgehead atoms. The second-order valence-corrected chi connectivity index (χ2v) is 17.3. The molecule has 3 aliphatic heterocycles. The van der Waals surface area contributed by atoms with Crippen molar-refractivity contribution in [3.05, 3.63) is 109 Å². The van der Waals surface area contributed by atoms with E-state index in [1.807, 2.05) is 59.5 Å². The fourth-order valence-electron chi connectivity index (χ4n) is 9.71. The molecule has 0 spiro atoms. The summed E-state index contributed by atoms with van der Waals surface area (Å²) < 4.78 is 45.2. The molecule has 3 saturated heterocycles. The molecule has 0 radical (unpaired) electrons. The number of fused-ring (bicyclic) bond motifs is 1. The quantitative estimate of drug-likeness (QED) is 0.103. The van der Waals surface area contributed by atoms with Crippen molar-refractivity contribution < 1.29 is 42.2 Å². The number of hydrogen-bond acceptors (Lipinski definition) is 9. The van der Waals surface area contributed by atoms with E-state index in [2.05, 4.69) is 55.9 Å². The first-order chi connectivity index (χ1) is 32.0. The Hall–Kier alpha value is -6.88. The van der Waals surface area contributed by atoms with Crippen molar-refractivity contribution in [2.75, 3.05) is 40.5 Å². The van der Waals surface area contributed by atoms with Crippen LogP contribution in [0.1, 0.15) is 62.3 Å². The Kier molecular flexibility index (Phi) is 12.7. The number of rotatable bonds is 11. The number of methoxy groups -OCH3 is 2. The van der Waals surface area contributed by atoms with Crippen LogP contribution in [0.3, 0.4) is 0 Å². The largest absolute Gasteiger partial charge is 0.453 e. The number of imidazole rings is 2. The average Bonchev–Trinajstić information content (AvgIpc) is 4.19. The summed E-state index contributed by atoms with van der Waals surface area (Å²) in [6.45, 7) is 0.570. The average molecular weight is 903 g/mol. The number of likely N-dealkylation sites (tertiary alicyclic amines) is 2.